The van der Waals surface area contributed by atoms with Crippen molar-refractivity contribution < 1.29 is 9.85 Å². The average molecular weight is 402 g/mol. The Labute approximate surface area is 169 Å². The highest BCUT2D eigenvalue weighted by Crippen LogP contribution is 2.29. The summed E-state index contributed by atoms with van der Waals surface area (Å²) < 4.78 is 0. The Hall–Kier alpha value is -4.60. The summed E-state index contributed by atoms with van der Waals surface area (Å²) in [5.41, 5.74) is 2.01. The van der Waals surface area contributed by atoms with Gasteiger partial charge in [-0.05, 0) is 24.3 Å². The number of benzene rings is 3. The lowest BCUT2D eigenvalue weighted by atomic mass is 10.2. The third-order valence-electron chi connectivity index (χ3n) is 4.21. The van der Waals surface area contributed by atoms with Gasteiger partial charge in [0.2, 0.25) is 0 Å². The van der Waals surface area contributed by atoms with Gasteiger partial charge in [0.15, 0.2) is 11.6 Å². The first-order chi connectivity index (χ1) is 14.5. The first-order valence-corrected chi connectivity index (χ1v) is 8.79. The van der Waals surface area contributed by atoms with Crippen molar-refractivity contribution in [2.24, 2.45) is 0 Å². The molecule has 0 saturated carbocycles. The Balaban J connectivity index is 1.76. The molecule has 0 spiro atoms. The lowest BCUT2D eigenvalue weighted by molar-refractivity contribution is -0.385. The van der Waals surface area contributed by atoms with Crippen LogP contribution in [-0.2, 0) is 0 Å². The number of nitrogens with zero attached hydrogens (tertiary/aromatic N) is 4. The van der Waals surface area contributed by atoms with Crippen LogP contribution in [0.5, 0.6) is 0 Å². The molecule has 148 valence electrons. The van der Waals surface area contributed by atoms with Crippen molar-refractivity contribution in [3.8, 4) is 0 Å². The predicted octanol–water partition coefficient (Wildman–Crippen LogP) is 4.93. The van der Waals surface area contributed by atoms with E-state index in [1.54, 1.807) is 36.4 Å². The zero-order valence-corrected chi connectivity index (χ0v) is 15.4. The standard InChI is InChI=1S/C20H14N6O4/c27-25(28)15-7-3-5-13(11-15)21-19-20(24-18-10-2-1-9-17(18)23-19)22-14-6-4-8-16(12-14)26(29)30/h1-12H,(H,21,23)(H,22,24). The molecule has 1 aromatic heterocycles. The number of para-hydroxylation sites is 2. The van der Waals surface area contributed by atoms with Crippen molar-refractivity contribution in [2.45, 2.75) is 0 Å². The third-order valence-corrected chi connectivity index (χ3v) is 4.21. The second kappa shape index (κ2) is 7.80. The molecule has 0 fully saturated rings. The van der Waals surface area contributed by atoms with E-state index in [0.29, 0.717) is 34.0 Å². The number of hydrogen-bond acceptors (Lipinski definition) is 8. The highest BCUT2D eigenvalue weighted by atomic mass is 16.6. The fraction of sp³-hybridized carbons (Fsp3) is 0. The molecule has 0 unspecified atom stereocenters. The van der Waals surface area contributed by atoms with Crippen LogP contribution in [0.2, 0.25) is 0 Å². The second-order valence-electron chi connectivity index (χ2n) is 6.27. The quantitative estimate of drug-likeness (QED) is 0.342. The highest BCUT2D eigenvalue weighted by Gasteiger charge is 2.13. The number of nitrogens with one attached hydrogen (secondary N) is 2. The number of anilines is 4. The summed E-state index contributed by atoms with van der Waals surface area (Å²) in [5.74, 6) is 0.640. The number of rotatable bonds is 6. The number of nitro benzene ring substituents is 2. The number of fused-ring (bicyclic) bond motifs is 1. The lowest BCUT2D eigenvalue weighted by Gasteiger charge is -2.13. The number of non-ortho nitro benzene ring substituents is 2. The first kappa shape index (κ1) is 18.7. The van der Waals surface area contributed by atoms with Gasteiger partial charge < -0.3 is 10.6 Å². The molecule has 1 heterocycles. The molecule has 0 aliphatic carbocycles. The molecule has 2 N–H and O–H groups in total. The van der Waals surface area contributed by atoms with Crippen LogP contribution in [0, 0.1) is 20.2 Å². The summed E-state index contributed by atoms with van der Waals surface area (Å²) in [6.07, 6.45) is 0. The molecule has 0 atom stereocenters. The van der Waals surface area contributed by atoms with Gasteiger partial charge in [-0.25, -0.2) is 9.97 Å². The summed E-state index contributed by atoms with van der Waals surface area (Å²) in [4.78, 5) is 30.3. The van der Waals surface area contributed by atoms with E-state index in [0.717, 1.165) is 0 Å². The van der Waals surface area contributed by atoms with Gasteiger partial charge in [-0.15, -0.1) is 0 Å². The number of aromatic nitrogens is 2. The van der Waals surface area contributed by atoms with Crippen LogP contribution < -0.4 is 10.6 Å². The second-order valence-corrected chi connectivity index (χ2v) is 6.27. The van der Waals surface area contributed by atoms with Gasteiger partial charge in [0.25, 0.3) is 11.4 Å². The van der Waals surface area contributed by atoms with Crippen LogP contribution >= 0.6 is 0 Å². The van der Waals surface area contributed by atoms with Crippen LogP contribution in [0.15, 0.2) is 72.8 Å². The molecule has 10 heteroatoms. The van der Waals surface area contributed by atoms with Crippen molar-refractivity contribution in [1.82, 2.24) is 9.97 Å². The van der Waals surface area contributed by atoms with Crippen LogP contribution in [-0.4, -0.2) is 19.8 Å². The van der Waals surface area contributed by atoms with Crippen molar-refractivity contribution in [3.05, 3.63) is 93.0 Å². The maximum Gasteiger partial charge on any atom is 0.271 e. The molecule has 0 saturated heterocycles. The summed E-state index contributed by atoms with van der Waals surface area (Å²) in [5, 5.41) is 28.2. The topological polar surface area (TPSA) is 136 Å². The van der Waals surface area contributed by atoms with Gasteiger partial charge in [-0.2, -0.15) is 0 Å². The van der Waals surface area contributed by atoms with E-state index in [-0.39, 0.29) is 11.4 Å². The maximum absolute atomic E-state index is 11.1. The highest BCUT2D eigenvalue weighted by molar-refractivity contribution is 5.83. The van der Waals surface area contributed by atoms with Crippen LogP contribution in [0.1, 0.15) is 0 Å². The van der Waals surface area contributed by atoms with E-state index < -0.39 is 9.85 Å². The molecule has 4 aromatic rings. The van der Waals surface area contributed by atoms with E-state index in [1.165, 1.54) is 24.3 Å². The summed E-state index contributed by atoms with van der Waals surface area (Å²) >= 11 is 0. The molecule has 0 bridgehead atoms. The maximum atomic E-state index is 11.1. The van der Waals surface area contributed by atoms with Gasteiger partial charge in [-0.1, -0.05) is 24.3 Å². The molecule has 10 nitrogen and oxygen atoms in total. The zero-order chi connectivity index (χ0) is 21.1. The number of nitro groups is 2. The molecule has 3 aromatic carbocycles. The third kappa shape index (κ3) is 3.97. The van der Waals surface area contributed by atoms with Gasteiger partial charge in [0.05, 0.1) is 20.9 Å². The largest absolute Gasteiger partial charge is 0.337 e. The van der Waals surface area contributed by atoms with E-state index in [1.807, 2.05) is 12.1 Å². The first-order valence-electron chi connectivity index (χ1n) is 8.79. The summed E-state index contributed by atoms with van der Waals surface area (Å²) in [6.45, 7) is 0. The summed E-state index contributed by atoms with van der Waals surface area (Å²) in [6, 6.07) is 19.2. The smallest absolute Gasteiger partial charge is 0.271 e. The monoisotopic (exact) mass is 402 g/mol. The Morgan fingerprint density at radius 3 is 1.47 bits per heavy atom. The van der Waals surface area contributed by atoms with Crippen molar-refractivity contribution in [1.29, 1.82) is 0 Å². The van der Waals surface area contributed by atoms with Gasteiger partial charge in [-0.3, -0.25) is 20.2 Å². The number of hydrogen-bond donors (Lipinski definition) is 2. The van der Waals surface area contributed by atoms with E-state index in [9.17, 15) is 20.2 Å². The van der Waals surface area contributed by atoms with E-state index >= 15 is 0 Å². The Kier molecular flexibility index (Phi) is 4.87. The normalized spacial score (nSPS) is 10.5. The minimum absolute atomic E-state index is 0.0676. The Morgan fingerprint density at radius 1 is 0.633 bits per heavy atom. The molecule has 0 aliphatic rings. The van der Waals surface area contributed by atoms with Crippen LogP contribution in [0.25, 0.3) is 11.0 Å². The fourth-order valence-electron chi connectivity index (χ4n) is 2.84. The van der Waals surface area contributed by atoms with Crippen molar-refractivity contribution in [2.75, 3.05) is 10.6 Å². The zero-order valence-electron chi connectivity index (χ0n) is 15.4. The van der Waals surface area contributed by atoms with Crippen LogP contribution in [0.4, 0.5) is 34.4 Å². The van der Waals surface area contributed by atoms with E-state index in [4.69, 9.17) is 0 Å². The summed E-state index contributed by atoms with van der Waals surface area (Å²) in [7, 11) is 0. The molecule has 0 radical (unpaired) electrons. The van der Waals surface area contributed by atoms with Crippen LogP contribution in [0.3, 0.4) is 0 Å². The Morgan fingerprint density at radius 2 is 1.07 bits per heavy atom. The molecule has 0 amide bonds. The Bertz CT molecular complexity index is 1180. The molecule has 30 heavy (non-hydrogen) atoms. The molecule has 4 rings (SSSR count). The van der Waals surface area contributed by atoms with Crippen molar-refractivity contribution >= 4 is 45.4 Å². The van der Waals surface area contributed by atoms with Gasteiger partial charge in [0, 0.05) is 35.6 Å². The fourth-order valence-corrected chi connectivity index (χ4v) is 2.84. The molecule has 0 aliphatic heterocycles. The molecular formula is C20H14N6O4. The SMILES string of the molecule is O=[N+]([O-])c1cccc(Nc2nc3ccccc3nc2Nc2cccc([N+](=O)[O-])c2)c1. The minimum Gasteiger partial charge on any atom is -0.337 e. The van der Waals surface area contributed by atoms with Gasteiger partial charge >= 0.3 is 0 Å². The average Bonchev–Trinajstić information content (AvgIpc) is 2.74. The minimum atomic E-state index is -0.487. The van der Waals surface area contributed by atoms with Crippen molar-refractivity contribution in [3.63, 3.8) is 0 Å². The van der Waals surface area contributed by atoms with Gasteiger partial charge in [0.1, 0.15) is 0 Å². The molecular weight excluding hydrogens is 388 g/mol. The lowest BCUT2D eigenvalue weighted by Crippen LogP contribution is -2.04. The predicted molar refractivity (Wildman–Crippen MR) is 112 cm³/mol. The van der Waals surface area contributed by atoms with E-state index in [2.05, 4.69) is 20.6 Å².